The molecule has 0 aliphatic carbocycles. The number of aliphatic imine (C=N–C) groups is 1. The van der Waals surface area contributed by atoms with Crippen LogP contribution in [-0.2, 0) is 14.9 Å². The monoisotopic (exact) mass is 396 g/mol. The van der Waals surface area contributed by atoms with Crippen molar-refractivity contribution in [3.63, 3.8) is 0 Å². The van der Waals surface area contributed by atoms with E-state index in [1.54, 1.807) is 6.07 Å². The van der Waals surface area contributed by atoms with E-state index >= 15 is 0 Å². The fraction of sp³-hybridized carbons (Fsp3) is 0.105. The van der Waals surface area contributed by atoms with Crippen LogP contribution in [0.1, 0.15) is 0 Å². The lowest BCUT2D eigenvalue weighted by molar-refractivity contribution is 0.483. The van der Waals surface area contributed by atoms with Gasteiger partial charge in [0.05, 0.1) is 11.4 Å². The van der Waals surface area contributed by atoms with Gasteiger partial charge in [-0.2, -0.15) is 13.4 Å². The molecule has 0 saturated carbocycles. The summed E-state index contributed by atoms with van der Waals surface area (Å²) in [5.41, 5.74) is 1.50. The van der Waals surface area contributed by atoms with Crippen molar-refractivity contribution in [1.82, 2.24) is 0 Å². The van der Waals surface area contributed by atoms with E-state index in [2.05, 4.69) is 15.2 Å². The molecule has 0 aliphatic heterocycles. The molecule has 28 heavy (non-hydrogen) atoms. The molecule has 3 aromatic carbocycles. The molecule has 9 heteroatoms. The molecule has 1 N–H and O–H groups in total. The van der Waals surface area contributed by atoms with Crippen LogP contribution in [0.2, 0.25) is 0 Å². The van der Waals surface area contributed by atoms with Gasteiger partial charge in [-0.25, -0.2) is 4.79 Å². The lowest BCUT2D eigenvalue weighted by atomic mass is 10.1. The van der Waals surface area contributed by atoms with Gasteiger partial charge >= 0.3 is 0 Å². The van der Waals surface area contributed by atoms with Gasteiger partial charge in [0, 0.05) is 30.6 Å². The summed E-state index contributed by atoms with van der Waals surface area (Å²) < 4.78 is 32.8. The Hall–Kier alpha value is -3.39. The zero-order valence-electron chi connectivity index (χ0n) is 15.1. The van der Waals surface area contributed by atoms with E-state index in [9.17, 15) is 17.8 Å². The summed E-state index contributed by atoms with van der Waals surface area (Å²) in [6, 6.07) is 15.0. The molecule has 0 heterocycles. The molecule has 0 amide bonds. The Morgan fingerprint density at radius 3 is 2.21 bits per heavy atom. The first-order valence-electron chi connectivity index (χ1n) is 8.11. The van der Waals surface area contributed by atoms with Gasteiger partial charge in [0.1, 0.15) is 10.6 Å². The van der Waals surface area contributed by atoms with Crippen molar-refractivity contribution in [2.75, 3.05) is 19.0 Å². The third kappa shape index (κ3) is 3.96. The molecule has 0 spiro atoms. The quantitative estimate of drug-likeness (QED) is 0.295. The highest BCUT2D eigenvalue weighted by Gasteiger charge is 2.17. The fourth-order valence-corrected chi connectivity index (χ4v) is 3.41. The maximum Gasteiger partial charge on any atom is 0.296 e. The zero-order chi connectivity index (χ0) is 20.3. The molecule has 8 nitrogen and oxygen atoms in total. The van der Waals surface area contributed by atoms with Crippen molar-refractivity contribution < 1.29 is 17.8 Å². The van der Waals surface area contributed by atoms with Crippen molar-refractivity contribution in [1.29, 1.82) is 0 Å². The number of nitrogens with zero attached hydrogens (tertiary/aromatic N) is 4. The first-order valence-corrected chi connectivity index (χ1v) is 9.55. The van der Waals surface area contributed by atoms with E-state index in [4.69, 9.17) is 0 Å². The molecule has 0 aromatic heterocycles. The van der Waals surface area contributed by atoms with Crippen LogP contribution >= 0.6 is 0 Å². The fourth-order valence-electron chi connectivity index (χ4n) is 2.77. The summed E-state index contributed by atoms with van der Waals surface area (Å²) in [5, 5.41) is 9.99. The number of hydrogen-bond donors (Lipinski definition) is 1. The van der Waals surface area contributed by atoms with Crippen LogP contribution in [0.3, 0.4) is 0 Å². The highest BCUT2D eigenvalue weighted by Crippen LogP contribution is 2.35. The van der Waals surface area contributed by atoms with E-state index in [1.807, 2.05) is 49.3 Å². The highest BCUT2D eigenvalue weighted by molar-refractivity contribution is 7.86. The molecule has 142 valence electrons. The summed E-state index contributed by atoms with van der Waals surface area (Å²) >= 11 is 0. The van der Waals surface area contributed by atoms with Gasteiger partial charge in [-0.05, 0) is 30.3 Å². The van der Waals surface area contributed by atoms with Crippen LogP contribution in [0.25, 0.3) is 10.8 Å². The lowest BCUT2D eigenvalue weighted by Crippen LogP contribution is -2.08. The summed E-state index contributed by atoms with van der Waals surface area (Å²) in [6.07, 6.45) is 1.31. The zero-order valence-corrected chi connectivity index (χ0v) is 15.9. The number of rotatable bonds is 5. The van der Waals surface area contributed by atoms with Gasteiger partial charge in [0.2, 0.25) is 6.08 Å². The Kier molecular flexibility index (Phi) is 5.32. The molecule has 3 rings (SSSR count). The number of anilines is 1. The molecule has 3 aromatic rings. The van der Waals surface area contributed by atoms with Gasteiger partial charge in [0.15, 0.2) is 0 Å². The number of fused-ring (bicyclic) bond motifs is 1. The topological polar surface area (TPSA) is 112 Å². The molecule has 0 bridgehead atoms. The minimum absolute atomic E-state index is 0.0300. The van der Waals surface area contributed by atoms with Crippen LogP contribution in [0.4, 0.5) is 22.7 Å². The van der Waals surface area contributed by atoms with Gasteiger partial charge in [-0.15, -0.1) is 10.2 Å². The van der Waals surface area contributed by atoms with Crippen LogP contribution < -0.4 is 4.90 Å². The lowest BCUT2D eigenvalue weighted by Gasteiger charge is -2.16. The minimum Gasteiger partial charge on any atom is -0.377 e. The summed E-state index contributed by atoms with van der Waals surface area (Å²) in [5.74, 6) is 0. The Morgan fingerprint density at radius 1 is 0.929 bits per heavy atom. The predicted octanol–water partition coefficient (Wildman–Crippen LogP) is 4.54. The first kappa shape index (κ1) is 19.4. The number of carbonyl (C=O) groups excluding carboxylic acids is 1. The van der Waals surface area contributed by atoms with E-state index in [-0.39, 0.29) is 11.4 Å². The molecule has 0 fully saturated rings. The summed E-state index contributed by atoms with van der Waals surface area (Å²) in [7, 11) is -0.719. The smallest absolute Gasteiger partial charge is 0.296 e. The molecular formula is C19H16N4O4S. The second-order valence-corrected chi connectivity index (χ2v) is 7.46. The van der Waals surface area contributed by atoms with E-state index in [0.29, 0.717) is 5.69 Å². The number of benzene rings is 3. The van der Waals surface area contributed by atoms with Crippen LogP contribution in [0.15, 0.2) is 74.7 Å². The van der Waals surface area contributed by atoms with Crippen molar-refractivity contribution in [3.8, 4) is 0 Å². The Bertz CT molecular complexity index is 1230. The van der Waals surface area contributed by atoms with Gasteiger partial charge in [-0.3, -0.25) is 4.55 Å². The molecular weight excluding hydrogens is 380 g/mol. The highest BCUT2D eigenvalue weighted by atomic mass is 32.2. The van der Waals surface area contributed by atoms with Crippen LogP contribution in [-0.4, -0.2) is 33.1 Å². The maximum atomic E-state index is 11.7. The first-order chi connectivity index (χ1) is 13.3. The third-order valence-electron chi connectivity index (χ3n) is 4.02. The van der Waals surface area contributed by atoms with Gasteiger partial charge in [-0.1, -0.05) is 24.3 Å². The molecule has 0 saturated heterocycles. The summed E-state index contributed by atoms with van der Waals surface area (Å²) in [6.45, 7) is 0. The van der Waals surface area contributed by atoms with Crippen molar-refractivity contribution >= 4 is 49.7 Å². The Balaban J connectivity index is 2.13. The minimum atomic E-state index is -4.59. The predicted molar refractivity (Wildman–Crippen MR) is 106 cm³/mol. The van der Waals surface area contributed by atoms with E-state index in [1.165, 1.54) is 18.2 Å². The number of hydrogen-bond acceptors (Lipinski definition) is 7. The Labute approximate surface area is 161 Å². The Morgan fingerprint density at radius 2 is 1.57 bits per heavy atom. The van der Waals surface area contributed by atoms with E-state index < -0.39 is 15.0 Å². The average molecular weight is 396 g/mol. The third-order valence-corrected chi connectivity index (χ3v) is 4.90. The number of isocyanates is 1. The second kappa shape index (κ2) is 7.69. The van der Waals surface area contributed by atoms with Crippen molar-refractivity contribution in [3.05, 3.63) is 54.6 Å². The molecule has 0 aliphatic rings. The normalized spacial score (nSPS) is 11.5. The van der Waals surface area contributed by atoms with Crippen molar-refractivity contribution in [2.24, 2.45) is 15.2 Å². The van der Waals surface area contributed by atoms with Crippen LogP contribution in [0, 0.1) is 0 Å². The van der Waals surface area contributed by atoms with Gasteiger partial charge < -0.3 is 4.90 Å². The average Bonchev–Trinajstić information content (AvgIpc) is 2.66. The summed E-state index contributed by atoms with van der Waals surface area (Å²) in [4.78, 5) is 15.2. The molecule has 0 unspecified atom stereocenters. The van der Waals surface area contributed by atoms with Crippen LogP contribution in [0.5, 0.6) is 0 Å². The van der Waals surface area contributed by atoms with E-state index in [0.717, 1.165) is 22.5 Å². The SMILES string of the molecule is CN(C)c1ccc(N=Nc2ccc(N=C=O)cc2S(=O)(=O)O)c2ccccc12. The van der Waals surface area contributed by atoms with Gasteiger partial charge in [0.25, 0.3) is 10.1 Å². The largest absolute Gasteiger partial charge is 0.377 e. The van der Waals surface area contributed by atoms with Crippen molar-refractivity contribution in [2.45, 2.75) is 4.90 Å². The molecule has 0 radical (unpaired) electrons. The number of azo groups is 1. The molecule has 0 atom stereocenters. The maximum absolute atomic E-state index is 11.7. The second-order valence-electron chi connectivity index (χ2n) is 6.07. The standard InChI is InChI=1S/C19H16N4O4S/c1-23(2)18-10-9-16(14-5-3-4-6-15(14)18)21-22-17-8-7-13(20-12-24)11-19(17)28(25,26)27/h3-11H,1-2H3,(H,25,26,27).